The van der Waals surface area contributed by atoms with E-state index in [1.807, 2.05) is 29.3 Å². The van der Waals surface area contributed by atoms with Gasteiger partial charge in [0.15, 0.2) is 29.2 Å². The van der Waals surface area contributed by atoms with Crippen LogP contribution in [0.15, 0.2) is 64.5 Å². The highest BCUT2D eigenvalue weighted by molar-refractivity contribution is 7.98. The Morgan fingerprint density at radius 2 is 1.86 bits per heavy atom. The first-order chi connectivity index (χ1) is 18.0. The van der Waals surface area contributed by atoms with E-state index in [0.717, 1.165) is 16.5 Å². The van der Waals surface area contributed by atoms with E-state index < -0.39 is 40.9 Å². The zero-order valence-corrected chi connectivity index (χ0v) is 19.9. The van der Waals surface area contributed by atoms with E-state index >= 15 is 4.39 Å². The second-order valence-corrected chi connectivity index (χ2v) is 10.0. The van der Waals surface area contributed by atoms with Gasteiger partial charge >= 0.3 is 0 Å². The Kier molecular flexibility index (Phi) is 4.71. The van der Waals surface area contributed by atoms with Crippen LogP contribution in [0.2, 0.25) is 0 Å². The predicted molar refractivity (Wildman–Crippen MR) is 129 cm³/mol. The van der Waals surface area contributed by atoms with Crippen molar-refractivity contribution in [3.8, 4) is 5.75 Å². The summed E-state index contributed by atoms with van der Waals surface area (Å²) >= 11 is 1.39. The molecule has 4 aromatic rings. The molecule has 0 saturated heterocycles. The van der Waals surface area contributed by atoms with Crippen LogP contribution in [0.25, 0.3) is 0 Å². The lowest BCUT2D eigenvalue weighted by Crippen LogP contribution is -2.60. The van der Waals surface area contributed by atoms with Crippen molar-refractivity contribution >= 4 is 17.7 Å². The smallest absolute Gasteiger partial charge is 0.278 e. The maximum Gasteiger partial charge on any atom is 0.278 e. The van der Waals surface area contributed by atoms with E-state index in [1.54, 1.807) is 21.8 Å². The normalized spacial score (nSPS) is 19.9. The van der Waals surface area contributed by atoms with Crippen molar-refractivity contribution in [2.45, 2.75) is 29.4 Å². The summed E-state index contributed by atoms with van der Waals surface area (Å²) in [6.07, 6.45) is 2.23. The number of aromatic hydroxyl groups is 1. The highest BCUT2D eigenvalue weighted by Gasteiger charge is 2.48. The summed E-state index contributed by atoms with van der Waals surface area (Å²) in [6.45, 7) is 0.614. The molecule has 0 radical (unpaired) electrons. The van der Waals surface area contributed by atoms with Crippen LogP contribution in [-0.4, -0.2) is 42.1 Å². The van der Waals surface area contributed by atoms with E-state index in [4.69, 9.17) is 0 Å². The standard InChI is InChI=1S/C25H18F2N6O3S/c26-16-6-5-13-15(20(16)27)12-37-19-4-2-1-3-14(19)21(13)33-24-17-11-28-29-31(17)10-9-30(24)25(36)22-23(35)18(34)7-8-32(22)33/h1-8,11,21,24,35H,9-10,12H2. The maximum atomic E-state index is 15.2. The van der Waals surface area contributed by atoms with E-state index in [0.29, 0.717) is 17.8 Å². The van der Waals surface area contributed by atoms with Crippen LogP contribution in [0.5, 0.6) is 5.75 Å². The van der Waals surface area contributed by atoms with Gasteiger partial charge in [-0.25, -0.2) is 13.5 Å². The molecule has 3 aliphatic rings. The molecule has 1 amide bonds. The molecule has 2 aromatic carbocycles. The SMILES string of the molecule is O=C1c2c(O)c(=O)ccn2N(C2c3ccccc3SCc3c2ccc(F)c3F)C2c3cnnn3CCN12. The van der Waals surface area contributed by atoms with E-state index in [2.05, 4.69) is 10.3 Å². The molecule has 5 heterocycles. The number of carbonyl (C=O) groups excluding carboxylic acids is 1. The van der Waals surface area contributed by atoms with Gasteiger partial charge in [-0.1, -0.05) is 29.5 Å². The first-order valence-corrected chi connectivity index (χ1v) is 12.6. The Morgan fingerprint density at radius 1 is 1.03 bits per heavy atom. The van der Waals surface area contributed by atoms with Crippen molar-refractivity contribution < 1.29 is 18.7 Å². The van der Waals surface area contributed by atoms with Gasteiger partial charge in [0.25, 0.3) is 5.91 Å². The number of aromatic nitrogens is 4. The quantitative estimate of drug-likeness (QED) is 0.412. The van der Waals surface area contributed by atoms with Gasteiger partial charge in [0.1, 0.15) is 5.69 Å². The lowest BCUT2D eigenvalue weighted by atomic mass is 9.92. The van der Waals surface area contributed by atoms with Crippen molar-refractivity contribution in [3.63, 3.8) is 0 Å². The second kappa shape index (κ2) is 7.90. The summed E-state index contributed by atoms with van der Waals surface area (Å²) in [6, 6.07) is 10.7. The van der Waals surface area contributed by atoms with Crippen molar-refractivity contribution in [1.82, 2.24) is 24.6 Å². The molecule has 9 nitrogen and oxygen atoms in total. The van der Waals surface area contributed by atoms with Crippen LogP contribution < -0.4 is 10.4 Å². The number of benzene rings is 2. The van der Waals surface area contributed by atoms with Crippen LogP contribution in [0.4, 0.5) is 8.78 Å². The number of fused-ring (bicyclic) bond motifs is 6. The number of hydrogen-bond acceptors (Lipinski definition) is 7. The molecule has 0 saturated carbocycles. The summed E-state index contributed by atoms with van der Waals surface area (Å²) in [7, 11) is 0. The van der Waals surface area contributed by atoms with E-state index in [9.17, 15) is 19.1 Å². The number of rotatable bonds is 1. The number of thioether (sulfide) groups is 1. The van der Waals surface area contributed by atoms with Crippen LogP contribution in [0.1, 0.15) is 45.1 Å². The van der Waals surface area contributed by atoms with Gasteiger partial charge in [-0.05, 0) is 23.3 Å². The van der Waals surface area contributed by atoms with Gasteiger partial charge in [0.05, 0.1) is 18.8 Å². The molecule has 0 aliphatic carbocycles. The monoisotopic (exact) mass is 520 g/mol. The Labute approximate surface area is 212 Å². The average Bonchev–Trinajstić information content (AvgIpc) is 3.32. The zero-order chi connectivity index (χ0) is 25.4. The molecule has 7 rings (SSSR count). The Morgan fingerprint density at radius 3 is 2.73 bits per heavy atom. The molecule has 37 heavy (non-hydrogen) atoms. The maximum absolute atomic E-state index is 15.2. The highest BCUT2D eigenvalue weighted by atomic mass is 32.2. The van der Waals surface area contributed by atoms with Crippen LogP contribution in [0, 0.1) is 11.6 Å². The number of nitrogens with zero attached hydrogens (tertiary/aromatic N) is 6. The van der Waals surface area contributed by atoms with Crippen LogP contribution in [0.3, 0.4) is 0 Å². The molecular weight excluding hydrogens is 502 g/mol. The van der Waals surface area contributed by atoms with E-state index in [-0.39, 0.29) is 23.6 Å². The third-order valence-corrected chi connectivity index (χ3v) is 8.27. The summed E-state index contributed by atoms with van der Waals surface area (Å²) in [5, 5.41) is 20.8. The largest absolute Gasteiger partial charge is 0.502 e. The number of halogens is 2. The molecule has 0 bridgehead atoms. The second-order valence-electron chi connectivity index (χ2n) is 9.01. The minimum atomic E-state index is -0.943. The fourth-order valence-electron chi connectivity index (χ4n) is 5.49. The van der Waals surface area contributed by atoms with Gasteiger partial charge in [-0.2, -0.15) is 0 Å². The molecule has 12 heteroatoms. The average molecular weight is 521 g/mol. The molecule has 2 unspecified atom stereocenters. The fourth-order valence-corrected chi connectivity index (χ4v) is 6.61. The molecular formula is C25H18F2N6O3S. The zero-order valence-electron chi connectivity index (χ0n) is 19.1. The van der Waals surface area contributed by atoms with Gasteiger partial charge in [0, 0.05) is 35.0 Å². The molecule has 186 valence electrons. The number of carbonyl (C=O) groups is 1. The first kappa shape index (κ1) is 22.0. The third kappa shape index (κ3) is 3.02. The van der Waals surface area contributed by atoms with Gasteiger partial charge in [-0.3, -0.25) is 19.3 Å². The minimum Gasteiger partial charge on any atom is -0.502 e. The van der Waals surface area contributed by atoms with Gasteiger partial charge in [-0.15, -0.1) is 16.9 Å². The summed E-state index contributed by atoms with van der Waals surface area (Å²) in [4.78, 5) is 28.5. The van der Waals surface area contributed by atoms with Gasteiger partial charge in [0.2, 0.25) is 5.43 Å². The molecule has 0 fully saturated rings. The summed E-state index contributed by atoms with van der Waals surface area (Å²) < 4.78 is 32.8. The van der Waals surface area contributed by atoms with Gasteiger partial charge < -0.3 is 10.0 Å². The minimum absolute atomic E-state index is 0.191. The fraction of sp³-hybridized carbons (Fsp3) is 0.200. The molecule has 3 aliphatic heterocycles. The molecule has 0 spiro atoms. The summed E-state index contributed by atoms with van der Waals surface area (Å²) in [5.74, 6) is -2.86. The Bertz CT molecular complexity index is 1670. The number of pyridine rings is 1. The third-order valence-electron chi connectivity index (χ3n) is 7.15. The lowest BCUT2D eigenvalue weighted by molar-refractivity contribution is 0.0464. The van der Waals surface area contributed by atoms with Crippen molar-refractivity contribution in [3.05, 3.63) is 105 Å². The number of amides is 1. The van der Waals surface area contributed by atoms with Crippen LogP contribution in [-0.2, 0) is 12.3 Å². The van der Waals surface area contributed by atoms with E-state index in [1.165, 1.54) is 28.7 Å². The van der Waals surface area contributed by atoms with Crippen molar-refractivity contribution in [2.75, 3.05) is 11.6 Å². The number of hydrogen-bond donors (Lipinski definition) is 1. The lowest BCUT2D eigenvalue weighted by Gasteiger charge is -2.51. The first-order valence-electron chi connectivity index (χ1n) is 11.6. The Hall–Kier alpha value is -4.19. The molecule has 1 N–H and O–H groups in total. The van der Waals surface area contributed by atoms with Crippen LogP contribution >= 0.6 is 11.8 Å². The predicted octanol–water partition coefficient (Wildman–Crippen LogP) is 2.93. The summed E-state index contributed by atoms with van der Waals surface area (Å²) in [5.41, 5.74) is 1.26. The van der Waals surface area contributed by atoms with Crippen molar-refractivity contribution in [2.24, 2.45) is 0 Å². The topological polar surface area (TPSA) is 96.5 Å². The highest BCUT2D eigenvalue weighted by Crippen LogP contribution is 2.47. The Balaban J connectivity index is 1.58. The molecule has 2 aromatic heterocycles. The molecule has 2 atom stereocenters. The van der Waals surface area contributed by atoms with Crippen molar-refractivity contribution in [1.29, 1.82) is 0 Å².